The lowest BCUT2D eigenvalue weighted by Gasteiger charge is -2.36. The predicted molar refractivity (Wildman–Crippen MR) is 101 cm³/mol. The van der Waals surface area contributed by atoms with Crippen LogP contribution in [0.15, 0.2) is 30.6 Å². The lowest BCUT2D eigenvalue weighted by molar-refractivity contribution is -0.385. The highest BCUT2D eigenvalue weighted by atomic mass is 16.6. The second-order valence-corrected chi connectivity index (χ2v) is 7.30. The molecule has 2 aliphatic heterocycles. The molecule has 0 unspecified atom stereocenters. The van der Waals surface area contributed by atoms with Crippen LogP contribution in [0, 0.1) is 10.1 Å². The predicted octanol–water partition coefficient (Wildman–Crippen LogP) is 1.88. The van der Waals surface area contributed by atoms with Crippen LogP contribution in [0.4, 0.5) is 11.4 Å². The molecule has 0 amide bonds. The van der Waals surface area contributed by atoms with E-state index in [4.69, 9.17) is 4.74 Å². The second kappa shape index (κ2) is 7.41. The highest BCUT2D eigenvalue weighted by Gasteiger charge is 2.28. The van der Waals surface area contributed by atoms with Gasteiger partial charge in [0.15, 0.2) is 5.75 Å². The van der Waals surface area contributed by atoms with Gasteiger partial charge in [0.25, 0.3) is 0 Å². The SMILES string of the molecule is CN1CCC(N(C)c2ccc(OCC3(C)NC=CN3)c([N+](=O)[O-])c2)CC1. The van der Waals surface area contributed by atoms with Gasteiger partial charge in [-0.05, 0) is 52.0 Å². The Morgan fingerprint density at radius 1 is 1.35 bits per heavy atom. The Kier molecular flexibility index (Phi) is 5.22. The molecule has 1 saturated heterocycles. The number of nitrogens with zero attached hydrogens (tertiary/aromatic N) is 3. The number of piperidine rings is 1. The van der Waals surface area contributed by atoms with Crippen LogP contribution in [0.2, 0.25) is 0 Å². The monoisotopic (exact) mass is 361 g/mol. The molecule has 0 aliphatic carbocycles. The minimum Gasteiger partial charge on any atom is -0.482 e. The molecule has 1 fully saturated rings. The quantitative estimate of drug-likeness (QED) is 0.591. The van der Waals surface area contributed by atoms with Gasteiger partial charge in [-0.2, -0.15) is 0 Å². The third-order valence-corrected chi connectivity index (χ3v) is 5.19. The van der Waals surface area contributed by atoms with Gasteiger partial charge in [0.2, 0.25) is 0 Å². The van der Waals surface area contributed by atoms with Crippen molar-refractivity contribution >= 4 is 11.4 Å². The van der Waals surface area contributed by atoms with Gasteiger partial charge in [0.05, 0.1) is 4.92 Å². The molecule has 1 aromatic rings. The van der Waals surface area contributed by atoms with Crippen molar-refractivity contribution in [1.82, 2.24) is 15.5 Å². The minimum atomic E-state index is -0.461. The smallest absolute Gasteiger partial charge is 0.312 e. The Morgan fingerprint density at radius 3 is 2.62 bits per heavy atom. The summed E-state index contributed by atoms with van der Waals surface area (Å²) < 4.78 is 5.75. The van der Waals surface area contributed by atoms with Gasteiger partial charge in [-0.15, -0.1) is 0 Å². The maximum atomic E-state index is 11.5. The van der Waals surface area contributed by atoms with E-state index in [1.807, 2.05) is 20.0 Å². The van der Waals surface area contributed by atoms with Gasteiger partial charge >= 0.3 is 5.69 Å². The summed E-state index contributed by atoms with van der Waals surface area (Å²) >= 11 is 0. The van der Waals surface area contributed by atoms with Crippen molar-refractivity contribution in [3.8, 4) is 5.75 Å². The molecule has 8 heteroatoms. The van der Waals surface area contributed by atoms with Crippen molar-refractivity contribution < 1.29 is 9.66 Å². The molecule has 142 valence electrons. The topological polar surface area (TPSA) is 82.9 Å². The third kappa shape index (κ3) is 4.01. The van der Waals surface area contributed by atoms with E-state index in [1.165, 1.54) is 0 Å². The van der Waals surface area contributed by atoms with Crippen molar-refractivity contribution in [2.24, 2.45) is 0 Å². The van der Waals surface area contributed by atoms with Gasteiger partial charge < -0.3 is 25.2 Å². The number of likely N-dealkylation sites (tertiary alicyclic amines) is 1. The Balaban J connectivity index is 1.72. The molecule has 26 heavy (non-hydrogen) atoms. The van der Waals surface area contributed by atoms with Crippen LogP contribution in [0.1, 0.15) is 19.8 Å². The first-order valence-corrected chi connectivity index (χ1v) is 8.91. The number of hydrogen-bond donors (Lipinski definition) is 2. The van der Waals surface area contributed by atoms with E-state index in [0.717, 1.165) is 31.6 Å². The number of rotatable bonds is 6. The standard InChI is InChI=1S/C18H27N5O3/c1-18(19-8-9-20-18)13-26-17-5-4-15(12-16(17)23(24)25)22(3)14-6-10-21(2)11-7-14/h4-5,8-9,12,14,19-20H,6-7,10-11,13H2,1-3H3. The summed E-state index contributed by atoms with van der Waals surface area (Å²) in [6.45, 7) is 4.29. The molecule has 2 N–H and O–H groups in total. The van der Waals surface area contributed by atoms with E-state index in [0.29, 0.717) is 6.04 Å². The lowest BCUT2D eigenvalue weighted by Crippen LogP contribution is -2.50. The van der Waals surface area contributed by atoms with Crippen LogP contribution in [0.5, 0.6) is 5.75 Å². The summed E-state index contributed by atoms with van der Waals surface area (Å²) in [5, 5.41) is 17.8. The fourth-order valence-corrected chi connectivity index (χ4v) is 3.38. The lowest BCUT2D eigenvalue weighted by atomic mass is 10.0. The molecule has 1 aromatic carbocycles. The van der Waals surface area contributed by atoms with E-state index >= 15 is 0 Å². The highest BCUT2D eigenvalue weighted by Crippen LogP contribution is 2.33. The molecule has 2 aliphatic rings. The summed E-state index contributed by atoms with van der Waals surface area (Å²) in [5.41, 5.74) is 0.387. The maximum absolute atomic E-state index is 11.5. The zero-order valence-corrected chi connectivity index (χ0v) is 15.6. The Labute approximate surface area is 153 Å². The van der Waals surface area contributed by atoms with Gasteiger partial charge in [-0.1, -0.05) is 0 Å². The fraction of sp³-hybridized carbons (Fsp3) is 0.556. The molecule has 0 saturated carbocycles. The summed E-state index contributed by atoms with van der Waals surface area (Å²) in [7, 11) is 4.13. The fourth-order valence-electron chi connectivity index (χ4n) is 3.38. The zero-order valence-electron chi connectivity index (χ0n) is 15.6. The molecule has 3 rings (SSSR count). The van der Waals surface area contributed by atoms with Gasteiger partial charge in [0, 0.05) is 37.2 Å². The molecular formula is C18H27N5O3. The average Bonchev–Trinajstić information content (AvgIpc) is 3.07. The molecule has 0 spiro atoms. The summed E-state index contributed by atoms with van der Waals surface area (Å²) in [4.78, 5) is 15.6. The van der Waals surface area contributed by atoms with E-state index in [9.17, 15) is 10.1 Å². The number of hydrogen-bond acceptors (Lipinski definition) is 7. The molecule has 0 radical (unpaired) electrons. The average molecular weight is 361 g/mol. The molecule has 2 heterocycles. The second-order valence-electron chi connectivity index (χ2n) is 7.30. The van der Waals surface area contributed by atoms with E-state index in [1.54, 1.807) is 24.5 Å². The highest BCUT2D eigenvalue weighted by molar-refractivity contribution is 5.60. The van der Waals surface area contributed by atoms with Crippen molar-refractivity contribution in [2.45, 2.75) is 31.5 Å². The van der Waals surface area contributed by atoms with Crippen molar-refractivity contribution in [1.29, 1.82) is 0 Å². The molecular weight excluding hydrogens is 334 g/mol. The largest absolute Gasteiger partial charge is 0.482 e. The Morgan fingerprint density at radius 2 is 2.00 bits per heavy atom. The van der Waals surface area contributed by atoms with Crippen LogP contribution < -0.4 is 20.3 Å². The number of ether oxygens (including phenoxy) is 1. The Bertz CT molecular complexity index is 677. The Hall–Kier alpha value is -2.48. The van der Waals surface area contributed by atoms with Crippen LogP contribution in [-0.4, -0.2) is 55.3 Å². The van der Waals surface area contributed by atoms with Crippen LogP contribution in [-0.2, 0) is 0 Å². The zero-order chi connectivity index (χ0) is 18.7. The molecule has 0 atom stereocenters. The summed E-state index contributed by atoms with van der Waals surface area (Å²) in [6.07, 6.45) is 5.69. The number of nitro benzene ring substituents is 1. The maximum Gasteiger partial charge on any atom is 0.312 e. The van der Waals surface area contributed by atoms with E-state index in [-0.39, 0.29) is 23.0 Å². The number of nitrogens with one attached hydrogen (secondary N) is 2. The number of nitro groups is 1. The summed E-state index contributed by atoms with van der Waals surface area (Å²) in [5.74, 6) is 0.284. The number of benzene rings is 1. The van der Waals surface area contributed by atoms with Gasteiger partial charge in [-0.3, -0.25) is 10.1 Å². The van der Waals surface area contributed by atoms with E-state index < -0.39 is 5.66 Å². The third-order valence-electron chi connectivity index (χ3n) is 5.19. The molecule has 8 nitrogen and oxygen atoms in total. The van der Waals surface area contributed by atoms with Crippen LogP contribution >= 0.6 is 0 Å². The number of anilines is 1. The first-order valence-electron chi connectivity index (χ1n) is 8.91. The van der Waals surface area contributed by atoms with Crippen molar-refractivity contribution in [3.05, 3.63) is 40.7 Å². The van der Waals surface area contributed by atoms with E-state index in [2.05, 4.69) is 27.5 Å². The minimum absolute atomic E-state index is 0.00293. The molecule has 0 aromatic heterocycles. The first kappa shape index (κ1) is 18.3. The van der Waals surface area contributed by atoms with Gasteiger partial charge in [0.1, 0.15) is 12.3 Å². The summed E-state index contributed by atoms with van der Waals surface area (Å²) in [6, 6.07) is 5.61. The van der Waals surface area contributed by atoms with Crippen LogP contribution in [0.25, 0.3) is 0 Å². The van der Waals surface area contributed by atoms with Crippen molar-refractivity contribution in [3.63, 3.8) is 0 Å². The van der Waals surface area contributed by atoms with Crippen LogP contribution in [0.3, 0.4) is 0 Å². The first-order chi connectivity index (χ1) is 12.4. The molecule has 0 bridgehead atoms. The van der Waals surface area contributed by atoms with Crippen molar-refractivity contribution in [2.75, 3.05) is 38.7 Å². The normalized spacial score (nSPS) is 19.7. The van der Waals surface area contributed by atoms with Gasteiger partial charge in [-0.25, -0.2) is 0 Å².